The number of rotatable bonds is 2. The van der Waals surface area contributed by atoms with Crippen molar-refractivity contribution in [1.82, 2.24) is 0 Å². The van der Waals surface area contributed by atoms with E-state index < -0.39 is 0 Å². The molecule has 9 aromatic carbocycles. The smallest absolute Gasteiger partial charge is 0.136 e. The molecule has 0 aliphatic carbocycles. The van der Waals surface area contributed by atoms with Crippen molar-refractivity contribution in [1.29, 1.82) is 5.26 Å². The third-order valence-electron chi connectivity index (χ3n) is 9.86. The molecule has 2 heteroatoms. The van der Waals surface area contributed by atoms with Crippen LogP contribution in [0.15, 0.2) is 152 Å². The van der Waals surface area contributed by atoms with Crippen LogP contribution in [0.25, 0.3) is 87.2 Å². The van der Waals surface area contributed by atoms with Gasteiger partial charge in [-0.05, 0) is 119 Å². The van der Waals surface area contributed by atoms with E-state index >= 15 is 0 Å². The highest BCUT2D eigenvalue weighted by Crippen LogP contribution is 2.50. The Morgan fingerprint density at radius 3 is 1.81 bits per heavy atom. The van der Waals surface area contributed by atoms with Gasteiger partial charge in [0.2, 0.25) is 0 Å². The van der Waals surface area contributed by atoms with E-state index in [0.29, 0.717) is 5.56 Å². The lowest BCUT2D eigenvalue weighted by atomic mass is 9.85. The summed E-state index contributed by atoms with van der Waals surface area (Å²) in [5.41, 5.74) is 7.57. The van der Waals surface area contributed by atoms with Gasteiger partial charge in [0.1, 0.15) is 11.5 Å². The van der Waals surface area contributed by atoms with Gasteiger partial charge < -0.3 is 4.74 Å². The van der Waals surface area contributed by atoms with Gasteiger partial charge in [0.15, 0.2) is 0 Å². The number of nitriles is 1. The molecular formula is C45H25NO. The second kappa shape index (κ2) is 9.78. The number of fused-ring (bicyclic) bond motifs is 8. The van der Waals surface area contributed by atoms with Gasteiger partial charge in [-0.15, -0.1) is 0 Å². The van der Waals surface area contributed by atoms with Gasteiger partial charge in [-0.1, -0.05) is 109 Å². The summed E-state index contributed by atoms with van der Waals surface area (Å²) in [5, 5.41) is 21.7. The molecule has 1 heterocycles. The topological polar surface area (TPSA) is 33.0 Å². The fourth-order valence-electron chi connectivity index (χ4n) is 7.70. The molecule has 10 rings (SSSR count). The van der Waals surface area contributed by atoms with Crippen molar-refractivity contribution in [2.45, 2.75) is 0 Å². The lowest BCUT2D eigenvalue weighted by Crippen LogP contribution is -1.98. The summed E-state index contributed by atoms with van der Waals surface area (Å²) >= 11 is 0. The van der Waals surface area contributed by atoms with Gasteiger partial charge in [0.25, 0.3) is 0 Å². The van der Waals surface area contributed by atoms with Crippen LogP contribution in [0.3, 0.4) is 0 Å². The van der Waals surface area contributed by atoms with E-state index in [1.807, 2.05) is 24.3 Å². The molecule has 216 valence electrons. The Labute approximate surface area is 271 Å². The minimum Gasteiger partial charge on any atom is -0.456 e. The number of hydrogen-bond donors (Lipinski definition) is 0. The molecule has 1 aliphatic heterocycles. The van der Waals surface area contributed by atoms with Gasteiger partial charge >= 0.3 is 0 Å². The Hall–Kier alpha value is -6.43. The van der Waals surface area contributed by atoms with Crippen LogP contribution in [0.2, 0.25) is 0 Å². The first-order chi connectivity index (χ1) is 23.2. The first-order valence-corrected chi connectivity index (χ1v) is 15.9. The molecule has 0 bridgehead atoms. The monoisotopic (exact) mass is 595 g/mol. The quantitative estimate of drug-likeness (QED) is 0.186. The average Bonchev–Trinajstić information content (AvgIpc) is 3.14. The summed E-state index contributed by atoms with van der Waals surface area (Å²) in [5.74, 6) is 1.54. The van der Waals surface area contributed by atoms with E-state index in [0.717, 1.165) is 33.4 Å². The summed E-state index contributed by atoms with van der Waals surface area (Å²) in [7, 11) is 0. The van der Waals surface area contributed by atoms with Gasteiger partial charge in [-0.25, -0.2) is 0 Å². The van der Waals surface area contributed by atoms with Crippen molar-refractivity contribution in [2.24, 2.45) is 0 Å². The average molecular weight is 596 g/mol. The minimum atomic E-state index is 0.592. The molecule has 0 N–H and O–H groups in total. The molecule has 0 fully saturated rings. The van der Waals surface area contributed by atoms with Crippen LogP contribution in [0.4, 0.5) is 0 Å². The zero-order valence-electron chi connectivity index (χ0n) is 25.3. The predicted molar refractivity (Wildman–Crippen MR) is 195 cm³/mol. The highest BCUT2D eigenvalue weighted by molar-refractivity contribution is 6.25. The second-order valence-corrected chi connectivity index (χ2v) is 12.4. The molecule has 0 unspecified atom stereocenters. The van der Waals surface area contributed by atoms with Crippen LogP contribution >= 0.6 is 0 Å². The maximum atomic E-state index is 9.48. The minimum absolute atomic E-state index is 0.592. The maximum absolute atomic E-state index is 9.48. The van der Waals surface area contributed by atoms with Gasteiger partial charge in [0, 0.05) is 10.9 Å². The van der Waals surface area contributed by atoms with Crippen LogP contribution in [-0.2, 0) is 0 Å². The largest absolute Gasteiger partial charge is 0.456 e. The van der Waals surface area contributed by atoms with Crippen LogP contribution in [0, 0.1) is 11.3 Å². The van der Waals surface area contributed by atoms with Crippen LogP contribution in [0.1, 0.15) is 5.56 Å². The van der Waals surface area contributed by atoms with E-state index in [9.17, 15) is 5.26 Å². The number of benzene rings is 9. The molecular weight excluding hydrogens is 571 g/mol. The van der Waals surface area contributed by atoms with Crippen molar-refractivity contribution >= 4 is 53.9 Å². The molecule has 0 amide bonds. The van der Waals surface area contributed by atoms with Crippen molar-refractivity contribution in [3.63, 3.8) is 0 Å². The molecule has 0 radical (unpaired) electrons. The molecule has 0 atom stereocenters. The molecule has 0 aromatic heterocycles. The van der Waals surface area contributed by atoms with Crippen molar-refractivity contribution in [2.75, 3.05) is 0 Å². The van der Waals surface area contributed by atoms with Gasteiger partial charge in [0.05, 0.1) is 11.6 Å². The fraction of sp³-hybridized carbons (Fsp3) is 0. The van der Waals surface area contributed by atoms with E-state index in [1.54, 1.807) is 0 Å². The summed E-state index contributed by atoms with van der Waals surface area (Å²) in [6.07, 6.45) is 0. The molecule has 9 aromatic rings. The predicted octanol–water partition coefficient (Wildman–Crippen LogP) is 12.4. The summed E-state index contributed by atoms with van der Waals surface area (Å²) < 4.78 is 6.43. The second-order valence-electron chi connectivity index (χ2n) is 12.4. The highest BCUT2D eigenvalue weighted by Gasteiger charge is 2.23. The summed E-state index contributed by atoms with van der Waals surface area (Å²) in [6, 6.07) is 56.5. The first-order valence-electron chi connectivity index (χ1n) is 15.9. The third kappa shape index (κ3) is 3.78. The molecule has 47 heavy (non-hydrogen) atoms. The van der Waals surface area contributed by atoms with Gasteiger partial charge in [-0.2, -0.15) is 5.26 Å². The van der Waals surface area contributed by atoms with Crippen LogP contribution in [-0.4, -0.2) is 0 Å². The van der Waals surface area contributed by atoms with E-state index in [4.69, 9.17) is 4.74 Å². The number of nitrogens with zero attached hydrogens (tertiary/aromatic N) is 1. The Bertz CT molecular complexity index is 2840. The summed E-state index contributed by atoms with van der Waals surface area (Å²) in [6.45, 7) is 0. The lowest BCUT2D eigenvalue weighted by Gasteiger charge is -2.23. The van der Waals surface area contributed by atoms with Crippen LogP contribution < -0.4 is 4.74 Å². The molecule has 0 saturated heterocycles. The van der Waals surface area contributed by atoms with Crippen molar-refractivity contribution in [3.8, 4) is 50.9 Å². The van der Waals surface area contributed by atoms with Gasteiger partial charge in [-0.3, -0.25) is 0 Å². The Morgan fingerprint density at radius 1 is 0.383 bits per heavy atom. The maximum Gasteiger partial charge on any atom is 0.136 e. The SMILES string of the molecule is N#Cc1ccc2c(c1)Oc1cccc3c(-c4cc5c6ccccc6c(-c6ccc7ccccc7c6)cc5c5ccccc45)ccc-2c13. The highest BCUT2D eigenvalue weighted by atomic mass is 16.5. The third-order valence-corrected chi connectivity index (χ3v) is 9.86. The summed E-state index contributed by atoms with van der Waals surface area (Å²) in [4.78, 5) is 0. The lowest BCUT2D eigenvalue weighted by molar-refractivity contribution is 0.487. The van der Waals surface area contributed by atoms with Crippen molar-refractivity contribution in [3.05, 3.63) is 157 Å². The Morgan fingerprint density at radius 2 is 1.02 bits per heavy atom. The number of ether oxygens (including phenoxy) is 1. The molecule has 1 aliphatic rings. The Balaban J connectivity index is 1.27. The van der Waals surface area contributed by atoms with Crippen LogP contribution in [0.5, 0.6) is 11.5 Å². The van der Waals surface area contributed by atoms with E-state index in [-0.39, 0.29) is 0 Å². The standard InChI is InChI=1S/C45H25NO/c46-26-27-16-19-36-38-21-20-35(37-14-7-15-43(45(37)38)47-44(36)22-27)40-25-42-32-11-4-3-10-31(32)39(24-41(42)34-13-6-5-12-33(34)40)30-18-17-28-8-1-2-9-29(28)23-30/h1-25H. The van der Waals surface area contributed by atoms with E-state index in [2.05, 4.69) is 133 Å². The first kappa shape index (κ1) is 25.9. The molecule has 2 nitrogen and oxygen atoms in total. The molecule has 0 spiro atoms. The van der Waals surface area contributed by atoms with E-state index in [1.165, 1.54) is 65.3 Å². The van der Waals surface area contributed by atoms with Crippen molar-refractivity contribution < 1.29 is 4.74 Å². The number of hydrogen-bond acceptors (Lipinski definition) is 2. The zero-order valence-corrected chi connectivity index (χ0v) is 25.3. The molecule has 0 saturated carbocycles. The normalized spacial score (nSPS) is 12.0. The fourth-order valence-corrected chi connectivity index (χ4v) is 7.70. The Kier molecular flexibility index (Phi) is 5.38. The zero-order chi connectivity index (χ0) is 31.1.